The molecule has 2 aromatic rings. The number of rotatable bonds is 9. The minimum absolute atomic E-state index is 0.125. The van der Waals surface area contributed by atoms with Crippen molar-refractivity contribution in [3.05, 3.63) is 52.5 Å². The first-order valence-corrected chi connectivity index (χ1v) is 13.0. The number of carboxylic acids is 1. The van der Waals surface area contributed by atoms with Gasteiger partial charge in [-0.2, -0.15) is 0 Å². The summed E-state index contributed by atoms with van der Waals surface area (Å²) in [5, 5.41) is 12.7. The lowest BCUT2D eigenvalue weighted by Crippen LogP contribution is -2.45. The molecule has 1 heterocycles. The zero-order valence-electron chi connectivity index (χ0n) is 23.7. The van der Waals surface area contributed by atoms with Crippen LogP contribution >= 0.6 is 11.6 Å². The Morgan fingerprint density at radius 2 is 1.67 bits per heavy atom. The van der Waals surface area contributed by atoms with Gasteiger partial charge in [0.1, 0.15) is 29.7 Å². The number of ether oxygens (including phenoxy) is 3. The molecule has 1 aliphatic heterocycles. The van der Waals surface area contributed by atoms with Gasteiger partial charge in [0.2, 0.25) is 0 Å². The Morgan fingerprint density at radius 3 is 2.18 bits per heavy atom. The average molecular weight is 562 g/mol. The number of hydrogen-bond acceptors (Lipinski definition) is 7. The number of nitrogens with one attached hydrogen (secondary N) is 1. The Morgan fingerprint density at radius 1 is 1.08 bits per heavy atom. The van der Waals surface area contributed by atoms with Crippen molar-refractivity contribution >= 4 is 36.2 Å². The first-order chi connectivity index (χ1) is 18.0. The topological polar surface area (TPSA) is 113 Å². The van der Waals surface area contributed by atoms with Crippen LogP contribution in [-0.4, -0.2) is 54.2 Å². The van der Waals surface area contributed by atoms with Gasteiger partial charge in [-0.15, -0.1) is 0 Å². The number of halogens is 1. The van der Waals surface area contributed by atoms with Crippen molar-refractivity contribution in [3.63, 3.8) is 0 Å². The van der Waals surface area contributed by atoms with E-state index in [9.17, 15) is 14.7 Å². The molecule has 212 valence electrons. The van der Waals surface area contributed by atoms with Crippen LogP contribution in [0, 0.1) is 0 Å². The molecule has 1 aliphatic rings. The first-order valence-electron chi connectivity index (χ1n) is 12.7. The third-order valence-corrected chi connectivity index (χ3v) is 6.84. The predicted molar refractivity (Wildman–Crippen MR) is 149 cm³/mol. The van der Waals surface area contributed by atoms with Gasteiger partial charge in [0.15, 0.2) is 0 Å². The van der Waals surface area contributed by atoms with Crippen LogP contribution in [0.1, 0.15) is 59.6 Å². The number of carbonyl (C=O) groups is 2. The van der Waals surface area contributed by atoms with Crippen molar-refractivity contribution in [1.29, 1.82) is 0 Å². The highest BCUT2D eigenvalue weighted by molar-refractivity contribution is 6.63. The fraction of sp³-hybridized carbons (Fsp3) is 0.500. The molecular weight excluding hydrogens is 525 g/mol. The summed E-state index contributed by atoms with van der Waals surface area (Å²) in [5.41, 5.74) is -0.210. The van der Waals surface area contributed by atoms with E-state index in [0.29, 0.717) is 27.5 Å². The minimum Gasteiger partial charge on any atom is -0.497 e. The van der Waals surface area contributed by atoms with Crippen molar-refractivity contribution in [1.82, 2.24) is 5.32 Å². The number of carbonyl (C=O) groups excluding carboxylic acids is 1. The van der Waals surface area contributed by atoms with E-state index >= 15 is 0 Å². The van der Waals surface area contributed by atoms with Gasteiger partial charge in [-0.1, -0.05) is 23.7 Å². The molecule has 1 atom stereocenters. The summed E-state index contributed by atoms with van der Waals surface area (Å²) in [4.78, 5) is 24.5. The average Bonchev–Trinajstić information content (AvgIpc) is 3.03. The third-order valence-electron chi connectivity index (χ3n) is 6.62. The Hall–Kier alpha value is -2.95. The molecule has 2 aromatic carbocycles. The largest absolute Gasteiger partial charge is 0.498 e. The summed E-state index contributed by atoms with van der Waals surface area (Å²) < 4.78 is 29.3. The standard InChI is InChI=1S/C28H37BClNO8/c1-26(2,3)37-25(34)31-22(24(32)33)14-18-13-19(30)15-21(29-38-27(4,5)28(6,7)39-29)23(18)36-16-17-9-11-20(35-8)12-10-17/h9-13,15,22H,14,16H2,1-8H3,(H,31,34)(H,32,33). The molecule has 0 radical (unpaired) electrons. The smallest absolute Gasteiger partial charge is 0.497 e. The summed E-state index contributed by atoms with van der Waals surface area (Å²) >= 11 is 6.51. The lowest BCUT2D eigenvalue weighted by atomic mass is 9.77. The summed E-state index contributed by atoms with van der Waals surface area (Å²) in [6.07, 6.45) is -0.969. The van der Waals surface area contributed by atoms with E-state index in [4.69, 9.17) is 35.1 Å². The van der Waals surface area contributed by atoms with Crippen molar-refractivity contribution in [2.75, 3.05) is 7.11 Å². The van der Waals surface area contributed by atoms with Crippen LogP contribution in [0.3, 0.4) is 0 Å². The summed E-state index contributed by atoms with van der Waals surface area (Å²) in [6, 6.07) is 9.37. The molecule has 1 amide bonds. The summed E-state index contributed by atoms with van der Waals surface area (Å²) in [7, 11) is 0.771. The molecule has 0 spiro atoms. The van der Waals surface area contributed by atoms with Crippen LogP contribution in [0.4, 0.5) is 4.79 Å². The fourth-order valence-electron chi connectivity index (χ4n) is 3.89. The minimum atomic E-state index is -1.31. The van der Waals surface area contributed by atoms with E-state index in [-0.39, 0.29) is 13.0 Å². The lowest BCUT2D eigenvalue weighted by Gasteiger charge is -2.32. The van der Waals surface area contributed by atoms with E-state index < -0.39 is 42.0 Å². The number of alkyl carbamates (subject to hydrolysis) is 1. The van der Waals surface area contributed by atoms with Gasteiger partial charge in [-0.3, -0.25) is 0 Å². The predicted octanol–water partition coefficient (Wildman–Crippen LogP) is 4.75. The van der Waals surface area contributed by atoms with Crippen LogP contribution in [-0.2, 0) is 31.9 Å². The molecule has 1 fully saturated rings. The molecule has 2 N–H and O–H groups in total. The second-order valence-corrected chi connectivity index (χ2v) is 11.9. The molecule has 0 aliphatic carbocycles. The quantitative estimate of drug-likeness (QED) is 0.422. The number of carboxylic acid groups (broad SMARTS) is 1. The van der Waals surface area contributed by atoms with Gasteiger partial charge in [0, 0.05) is 16.9 Å². The summed E-state index contributed by atoms with van der Waals surface area (Å²) in [6.45, 7) is 13.0. The Labute approximate surface area is 235 Å². The SMILES string of the molecule is COc1ccc(COc2c(CC(NC(=O)OC(C)(C)C)C(=O)O)cc(Cl)cc2B2OC(C)(C)C(C)(C)O2)cc1. The highest BCUT2D eigenvalue weighted by Gasteiger charge is 2.52. The molecule has 9 nitrogen and oxygen atoms in total. The highest BCUT2D eigenvalue weighted by atomic mass is 35.5. The number of aliphatic carboxylic acids is 1. The van der Waals surface area contributed by atoms with Gasteiger partial charge in [-0.05, 0) is 83.9 Å². The number of benzene rings is 2. The maximum atomic E-state index is 12.4. The van der Waals surface area contributed by atoms with Gasteiger partial charge < -0.3 is 33.9 Å². The van der Waals surface area contributed by atoms with Gasteiger partial charge in [-0.25, -0.2) is 9.59 Å². The van der Waals surface area contributed by atoms with Gasteiger partial charge in [0.05, 0.1) is 18.3 Å². The molecule has 0 bridgehead atoms. The Bertz CT molecular complexity index is 1180. The van der Waals surface area contributed by atoms with Crippen molar-refractivity contribution in [2.24, 2.45) is 0 Å². The van der Waals surface area contributed by atoms with Crippen molar-refractivity contribution < 1.29 is 38.2 Å². The molecule has 1 unspecified atom stereocenters. The highest BCUT2D eigenvalue weighted by Crippen LogP contribution is 2.38. The van der Waals surface area contributed by atoms with Crippen LogP contribution in [0.2, 0.25) is 5.02 Å². The van der Waals surface area contributed by atoms with E-state index in [2.05, 4.69) is 5.32 Å². The molecular formula is C28H37BClNO8. The van der Waals surface area contributed by atoms with E-state index in [1.54, 1.807) is 40.0 Å². The monoisotopic (exact) mass is 561 g/mol. The van der Waals surface area contributed by atoms with E-state index in [1.807, 2.05) is 52.0 Å². The van der Waals surface area contributed by atoms with E-state index in [1.165, 1.54) is 0 Å². The van der Waals surface area contributed by atoms with Crippen molar-refractivity contribution in [2.45, 2.75) is 84.3 Å². The molecule has 0 aromatic heterocycles. The van der Waals surface area contributed by atoms with Crippen LogP contribution < -0.4 is 20.3 Å². The molecule has 11 heteroatoms. The van der Waals surface area contributed by atoms with Gasteiger partial charge >= 0.3 is 19.2 Å². The van der Waals surface area contributed by atoms with Crippen LogP contribution in [0.25, 0.3) is 0 Å². The Kier molecular flexibility index (Phi) is 9.14. The molecule has 0 saturated carbocycles. The Balaban J connectivity index is 2.00. The van der Waals surface area contributed by atoms with E-state index in [0.717, 1.165) is 5.56 Å². The van der Waals surface area contributed by atoms with Crippen LogP contribution in [0.5, 0.6) is 11.5 Å². The molecule has 3 rings (SSSR count). The lowest BCUT2D eigenvalue weighted by molar-refractivity contribution is -0.139. The second-order valence-electron chi connectivity index (χ2n) is 11.4. The molecule has 39 heavy (non-hydrogen) atoms. The number of methoxy groups -OCH3 is 1. The maximum Gasteiger partial charge on any atom is 0.498 e. The summed E-state index contributed by atoms with van der Waals surface area (Å²) in [5.74, 6) is -0.161. The van der Waals surface area contributed by atoms with Gasteiger partial charge in [0.25, 0.3) is 0 Å². The zero-order valence-corrected chi connectivity index (χ0v) is 24.5. The number of amides is 1. The third kappa shape index (κ3) is 7.80. The zero-order chi connectivity index (χ0) is 29.2. The number of hydrogen-bond donors (Lipinski definition) is 2. The van der Waals surface area contributed by atoms with Crippen LogP contribution in [0.15, 0.2) is 36.4 Å². The maximum absolute atomic E-state index is 12.4. The first kappa shape index (κ1) is 30.6. The second kappa shape index (κ2) is 11.7. The fourth-order valence-corrected chi connectivity index (χ4v) is 4.14. The normalized spacial score (nSPS) is 16.9. The molecule has 1 saturated heterocycles. The van der Waals surface area contributed by atoms with Crippen molar-refractivity contribution in [3.8, 4) is 11.5 Å².